The van der Waals surface area contributed by atoms with Crippen molar-refractivity contribution >= 4 is 6.03 Å². The van der Waals surface area contributed by atoms with Gasteiger partial charge < -0.3 is 10.2 Å². The summed E-state index contributed by atoms with van der Waals surface area (Å²) in [5.74, 6) is 0. The van der Waals surface area contributed by atoms with E-state index in [1.807, 2.05) is 19.1 Å². The smallest absolute Gasteiger partial charge is 0.338 e. The van der Waals surface area contributed by atoms with Crippen LogP contribution < -0.4 is 5.32 Å². The first-order valence-corrected chi connectivity index (χ1v) is 8.02. The first-order chi connectivity index (χ1) is 11.3. The molecule has 5 nitrogen and oxygen atoms in total. The maximum absolute atomic E-state index is 12.7. The number of hydrogen-bond acceptors (Lipinski definition) is 3. The lowest BCUT2D eigenvalue weighted by molar-refractivity contribution is -0.181. The third-order valence-corrected chi connectivity index (χ3v) is 4.29. The molecule has 1 aliphatic rings. The van der Waals surface area contributed by atoms with Gasteiger partial charge in [0.05, 0.1) is 0 Å². The van der Waals surface area contributed by atoms with Crippen LogP contribution in [-0.2, 0) is 6.42 Å². The third-order valence-electron chi connectivity index (χ3n) is 4.29. The highest BCUT2D eigenvalue weighted by Crippen LogP contribution is 2.25. The Balaban J connectivity index is 1.72. The number of alkyl halides is 3. The Morgan fingerprint density at radius 1 is 1.29 bits per heavy atom. The summed E-state index contributed by atoms with van der Waals surface area (Å²) in [6.45, 7) is 4.61. The maximum Gasteiger partial charge on any atom is 0.403 e. The minimum Gasteiger partial charge on any atom is -0.338 e. The molecule has 0 saturated carbocycles. The lowest BCUT2D eigenvalue weighted by Gasteiger charge is -2.38. The Hall–Kier alpha value is -1.83. The van der Waals surface area contributed by atoms with E-state index >= 15 is 0 Å². The Morgan fingerprint density at radius 3 is 2.50 bits per heavy atom. The predicted molar refractivity (Wildman–Crippen MR) is 84.7 cm³/mol. The van der Waals surface area contributed by atoms with E-state index in [9.17, 15) is 18.0 Å². The van der Waals surface area contributed by atoms with Gasteiger partial charge in [0.1, 0.15) is 6.04 Å². The summed E-state index contributed by atoms with van der Waals surface area (Å²) in [5.41, 5.74) is 1.97. The predicted octanol–water partition coefficient (Wildman–Crippen LogP) is 2.21. The molecule has 0 aliphatic carbocycles. The molecule has 24 heavy (non-hydrogen) atoms. The van der Waals surface area contributed by atoms with Crippen molar-refractivity contribution in [3.8, 4) is 0 Å². The van der Waals surface area contributed by atoms with Crippen molar-refractivity contribution in [3.05, 3.63) is 29.6 Å². The first kappa shape index (κ1) is 18.5. The van der Waals surface area contributed by atoms with Crippen LogP contribution in [0.1, 0.15) is 18.2 Å². The molecular formula is C16H23F3N4O. The van der Waals surface area contributed by atoms with Crippen molar-refractivity contribution in [3.63, 3.8) is 0 Å². The van der Waals surface area contributed by atoms with Crippen LogP contribution in [0.3, 0.4) is 0 Å². The minimum absolute atomic E-state index is 0.227. The Labute approximate surface area is 139 Å². The highest BCUT2D eigenvalue weighted by molar-refractivity contribution is 5.74. The highest BCUT2D eigenvalue weighted by atomic mass is 19.4. The fraction of sp³-hybridized carbons (Fsp3) is 0.625. The van der Waals surface area contributed by atoms with Crippen molar-refractivity contribution < 1.29 is 18.0 Å². The van der Waals surface area contributed by atoms with E-state index in [4.69, 9.17) is 0 Å². The molecule has 0 spiro atoms. The number of aromatic nitrogens is 1. The van der Waals surface area contributed by atoms with Crippen LogP contribution in [0.4, 0.5) is 18.0 Å². The van der Waals surface area contributed by atoms with Crippen LogP contribution in [-0.4, -0.2) is 65.8 Å². The minimum atomic E-state index is -4.23. The summed E-state index contributed by atoms with van der Waals surface area (Å²) in [7, 11) is 0. The van der Waals surface area contributed by atoms with Crippen molar-refractivity contribution in [2.45, 2.75) is 32.5 Å². The quantitative estimate of drug-likeness (QED) is 0.911. The number of urea groups is 1. The molecule has 0 bridgehead atoms. The molecule has 1 N–H and O–H groups in total. The van der Waals surface area contributed by atoms with E-state index in [0.717, 1.165) is 18.2 Å². The van der Waals surface area contributed by atoms with E-state index < -0.39 is 12.2 Å². The van der Waals surface area contributed by atoms with Gasteiger partial charge in [0, 0.05) is 44.6 Å². The number of pyridine rings is 1. The normalized spacial score (nSPS) is 17.6. The number of aryl methyl sites for hydroxylation is 1. The molecule has 0 radical (unpaired) electrons. The van der Waals surface area contributed by atoms with Gasteiger partial charge in [0.2, 0.25) is 0 Å². The third kappa shape index (κ3) is 5.09. The maximum atomic E-state index is 12.7. The number of halogens is 3. The summed E-state index contributed by atoms with van der Waals surface area (Å²) in [6.07, 6.45) is -1.78. The van der Waals surface area contributed by atoms with Gasteiger partial charge in [-0.15, -0.1) is 0 Å². The standard InChI is InChI=1S/C16H23F3N4O/c1-12-3-4-14(11-21-12)5-6-20-15(24)23-9-7-22(8-10-23)13(2)16(17,18)19/h3-4,11,13H,5-10H2,1-2H3,(H,20,24)/t13-/m0/s1. The number of nitrogens with zero attached hydrogens (tertiary/aromatic N) is 3. The van der Waals surface area contributed by atoms with Crippen LogP contribution in [0, 0.1) is 6.92 Å². The van der Waals surface area contributed by atoms with Gasteiger partial charge in [-0.25, -0.2) is 4.79 Å². The Bertz CT molecular complexity index is 539. The van der Waals surface area contributed by atoms with E-state index in [2.05, 4.69) is 10.3 Å². The lowest BCUT2D eigenvalue weighted by Crippen LogP contribution is -2.56. The molecule has 1 fully saturated rings. The molecule has 1 aliphatic heterocycles. The average molecular weight is 344 g/mol. The topological polar surface area (TPSA) is 48.5 Å². The largest absolute Gasteiger partial charge is 0.403 e. The van der Waals surface area contributed by atoms with Crippen LogP contribution in [0.5, 0.6) is 0 Å². The zero-order valence-corrected chi connectivity index (χ0v) is 13.9. The second-order valence-corrected chi connectivity index (χ2v) is 6.03. The first-order valence-electron chi connectivity index (χ1n) is 8.02. The molecule has 2 heterocycles. The SMILES string of the molecule is Cc1ccc(CCNC(=O)N2CCN([C@@H](C)C(F)(F)F)CC2)cn1. The van der Waals surface area contributed by atoms with Crippen molar-refractivity contribution in [1.82, 2.24) is 20.1 Å². The number of nitrogens with one attached hydrogen (secondary N) is 1. The Kier molecular flexibility index (Phi) is 6.04. The summed E-state index contributed by atoms with van der Waals surface area (Å²) in [6, 6.07) is 2.18. The zero-order chi connectivity index (χ0) is 17.7. The molecule has 134 valence electrons. The number of rotatable bonds is 4. The molecule has 8 heteroatoms. The summed E-state index contributed by atoms with van der Waals surface area (Å²) >= 11 is 0. The van der Waals surface area contributed by atoms with Gasteiger partial charge in [-0.05, 0) is 31.9 Å². The van der Waals surface area contributed by atoms with Gasteiger partial charge in [-0.3, -0.25) is 9.88 Å². The van der Waals surface area contributed by atoms with Gasteiger partial charge in [0.15, 0.2) is 0 Å². The van der Waals surface area contributed by atoms with E-state index in [-0.39, 0.29) is 19.1 Å². The molecule has 1 atom stereocenters. The summed E-state index contributed by atoms with van der Waals surface area (Å²) in [4.78, 5) is 19.2. The van der Waals surface area contributed by atoms with E-state index in [1.165, 1.54) is 4.90 Å². The second-order valence-electron chi connectivity index (χ2n) is 6.03. The molecule has 2 rings (SSSR count). The summed E-state index contributed by atoms with van der Waals surface area (Å²) < 4.78 is 38.1. The van der Waals surface area contributed by atoms with Gasteiger partial charge in [-0.1, -0.05) is 6.07 Å². The van der Waals surface area contributed by atoms with Crippen LogP contribution >= 0.6 is 0 Å². The van der Waals surface area contributed by atoms with Crippen molar-refractivity contribution in [2.75, 3.05) is 32.7 Å². The number of carbonyl (C=O) groups is 1. The van der Waals surface area contributed by atoms with Crippen LogP contribution in [0.15, 0.2) is 18.3 Å². The number of hydrogen-bond donors (Lipinski definition) is 1. The zero-order valence-electron chi connectivity index (χ0n) is 13.9. The molecule has 0 unspecified atom stereocenters. The monoisotopic (exact) mass is 344 g/mol. The molecular weight excluding hydrogens is 321 g/mol. The molecule has 0 aromatic carbocycles. The second kappa shape index (κ2) is 7.83. The highest BCUT2D eigenvalue weighted by Gasteiger charge is 2.41. The number of amides is 2. The summed E-state index contributed by atoms with van der Waals surface area (Å²) in [5, 5.41) is 2.81. The number of carbonyl (C=O) groups excluding carboxylic acids is 1. The fourth-order valence-electron chi connectivity index (χ4n) is 2.59. The molecule has 1 saturated heterocycles. The molecule has 1 aromatic heterocycles. The lowest BCUT2D eigenvalue weighted by atomic mass is 10.2. The van der Waals surface area contributed by atoms with E-state index in [0.29, 0.717) is 26.1 Å². The van der Waals surface area contributed by atoms with Gasteiger partial charge in [0.25, 0.3) is 0 Å². The van der Waals surface area contributed by atoms with Gasteiger partial charge >= 0.3 is 12.2 Å². The Morgan fingerprint density at radius 2 is 1.96 bits per heavy atom. The van der Waals surface area contributed by atoms with Crippen molar-refractivity contribution in [1.29, 1.82) is 0 Å². The average Bonchev–Trinajstić information content (AvgIpc) is 2.55. The van der Waals surface area contributed by atoms with Gasteiger partial charge in [-0.2, -0.15) is 13.2 Å². The number of piperazine rings is 1. The van der Waals surface area contributed by atoms with Crippen LogP contribution in [0.2, 0.25) is 0 Å². The fourth-order valence-corrected chi connectivity index (χ4v) is 2.59. The van der Waals surface area contributed by atoms with Crippen LogP contribution in [0.25, 0.3) is 0 Å². The van der Waals surface area contributed by atoms with E-state index in [1.54, 1.807) is 11.1 Å². The molecule has 1 aromatic rings. The van der Waals surface area contributed by atoms with Crippen molar-refractivity contribution in [2.24, 2.45) is 0 Å². The molecule has 2 amide bonds.